The van der Waals surface area contributed by atoms with Gasteiger partial charge in [0.15, 0.2) is 30.9 Å². The van der Waals surface area contributed by atoms with E-state index in [4.69, 9.17) is 42.6 Å². The van der Waals surface area contributed by atoms with Crippen LogP contribution in [-0.2, 0) is 61.8 Å². The Morgan fingerprint density at radius 2 is 1.37 bits per heavy atom. The first-order chi connectivity index (χ1) is 37.8. The van der Waals surface area contributed by atoms with Crippen LogP contribution in [0.25, 0.3) is 0 Å². The molecular formula is C60H92O21. The second-order valence-corrected chi connectivity index (χ2v) is 26.8. The van der Waals surface area contributed by atoms with Crippen molar-refractivity contribution in [3.8, 4) is 0 Å². The van der Waals surface area contributed by atoms with Gasteiger partial charge in [0.05, 0.1) is 49.7 Å². The smallest absolute Gasteiger partial charge is 0.335 e. The third-order valence-corrected chi connectivity index (χ3v) is 21.7. The summed E-state index contributed by atoms with van der Waals surface area (Å²) in [4.78, 5) is 52.0. The molecule has 7 fully saturated rings. The zero-order chi connectivity index (χ0) is 59.9. The highest BCUT2D eigenvalue weighted by Gasteiger charge is 2.73. The Balaban J connectivity index is 1.03. The summed E-state index contributed by atoms with van der Waals surface area (Å²) in [6.07, 6.45) is -11.5. The average molecular weight is 1150 g/mol. The number of allylic oxidation sites excluding steroid dienone is 4. The summed E-state index contributed by atoms with van der Waals surface area (Å²) < 4.78 is 55.2. The van der Waals surface area contributed by atoms with Gasteiger partial charge in [0.1, 0.15) is 48.8 Å². The lowest BCUT2D eigenvalue weighted by Gasteiger charge is -2.72. The van der Waals surface area contributed by atoms with Crippen molar-refractivity contribution in [2.45, 2.75) is 246 Å². The molecule has 81 heavy (non-hydrogen) atoms. The Kier molecular flexibility index (Phi) is 18.4. The predicted molar refractivity (Wildman–Crippen MR) is 287 cm³/mol. The number of esters is 3. The fourth-order valence-electron chi connectivity index (χ4n) is 16.7. The number of aliphatic hydroxyl groups excluding tert-OH is 7. The normalized spacial score (nSPS) is 46.6. The van der Waals surface area contributed by atoms with Crippen LogP contribution in [0.1, 0.15) is 141 Å². The first-order valence-electron chi connectivity index (χ1n) is 29.1. The number of rotatable bonds is 15. The van der Waals surface area contributed by atoms with Crippen molar-refractivity contribution in [1.29, 1.82) is 0 Å². The van der Waals surface area contributed by atoms with E-state index in [1.54, 1.807) is 46.8 Å². The van der Waals surface area contributed by atoms with Gasteiger partial charge in [-0.15, -0.1) is 0 Å². The molecule has 0 aromatic carbocycles. The summed E-state index contributed by atoms with van der Waals surface area (Å²) in [6.45, 7) is 23.3. The first kappa shape index (κ1) is 63.6. The third kappa shape index (κ3) is 10.8. The van der Waals surface area contributed by atoms with Crippen molar-refractivity contribution < 1.29 is 103 Å². The van der Waals surface area contributed by atoms with Crippen LogP contribution >= 0.6 is 0 Å². The number of ether oxygens (including phenoxy) is 9. The molecule has 458 valence electrons. The van der Waals surface area contributed by atoms with Gasteiger partial charge in [-0.05, 0) is 124 Å². The van der Waals surface area contributed by atoms with E-state index < -0.39 is 169 Å². The molecular weight excluding hydrogens is 1060 g/mol. The number of carboxylic acid groups (broad SMARTS) is 1. The highest BCUT2D eigenvalue weighted by molar-refractivity contribution is 5.88. The molecule has 0 amide bonds. The van der Waals surface area contributed by atoms with Crippen LogP contribution in [0.5, 0.6) is 0 Å². The lowest BCUT2D eigenvalue weighted by Crippen LogP contribution is -2.72. The SMILES string of the molecule is C/C=C(/C)C(=O)OC1C(O)[C@H](CO[C@H]2[C@H](OC(C)=O)[C@@]3(CO)C(CC2(C)C)C2=CCC4[C@@]5(C)CC[C@H](O[C@H]6CC(O[C@@H]7O[C@@H](CO)C(O)C7O)[C@H](O)C(C(=O)O)O6)C(C)(C)C5CC[C@@]4(C)[C@]2(C)C[C@H]3O)OC(C)[C@@H]1OC(=O)/C(C)=C\C. The average Bonchev–Trinajstić information content (AvgIpc) is 3.71. The molecule has 10 unspecified atom stereocenters. The second-order valence-electron chi connectivity index (χ2n) is 26.8. The van der Waals surface area contributed by atoms with E-state index in [1.165, 1.54) is 6.92 Å². The van der Waals surface area contributed by atoms with Gasteiger partial charge >= 0.3 is 23.9 Å². The van der Waals surface area contributed by atoms with Gasteiger partial charge in [-0.3, -0.25) is 4.79 Å². The van der Waals surface area contributed by atoms with Crippen molar-refractivity contribution in [3.05, 3.63) is 34.9 Å². The summed E-state index contributed by atoms with van der Waals surface area (Å²) in [6, 6.07) is 0. The highest BCUT2D eigenvalue weighted by atomic mass is 16.7. The van der Waals surface area contributed by atoms with Crippen LogP contribution in [0, 0.1) is 50.2 Å². The standard InChI is InChI=1S/C60H92O21/c1-14-28(3)52(71)80-46-30(5)74-36(44(67)47(46)81-53(72)29(4)15-2)26-73-49-50(75-31(6)63)60(27-62)33(23-55(49,7)8)32-16-17-38-57(11)20-19-40(56(9,10)37(57)18-21-58(38,12)59(32,13)24-39(60)64)78-41-22-34(43(66)48(79-41)51(69)70)76-54-45(68)42(65)35(25-61)77-54/h14-16,30,33-50,54,61-62,64-68H,17-27H2,1-13H3,(H,69,70)/b28-14-,29-15-/t30?,33?,34?,35-,36-,37?,38?,39+,40-,41+,42?,43-,44?,45?,46-,47?,48?,49-,50-,54+,57-,58+,59+,60-/m0/s1. The Hall–Kier alpha value is -3.42. The minimum Gasteiger partial charge on any atom is -0.479 e. The monoisotopic (exact) mass is 1150 g/mol. The molecule has 8 rings (SSSR count). The van der Waals surface area contributed by atoms with Crippen LogP contribution < -0.4 is 0 Å². The van der Waals surface area contributed by atoms with E-state index in [1.807, 2.05) is 13.8 Å². The number of carboxylic acids is 1. The highest BCUT2D eigenvalue weighted by Crippen LogP contribution is 2.76. The predicted octanol–water partition coefficient (Wildman–Crippen LogP) is 3.96. The molecule has 0 aromatic rings. The number of hydrogen-bond donors (Lipinski definition) is 8. The van der Waals surface area contributed by atoms with E-state index in [0.717, 1.165) is 24.8 Å². The third-order valence-electron chi connectivity index (χ3n) is 21.7. The maximum absolute atomic E-state index is 13.3. The fourth-order valence-corrected chi connectivity index (χ4v) is 16.7. The number of hydrogen-bond acceptors (Lipinski definition) is 20. The molecule has 3 aliphatic heterocycles. The summed E-state index contributed by atoms with van der Waals surface area (Å²) in [7, 11) is 0. The van der Waals surface area contributed by atoms with Gasteiger partial charge in [-0.1, -0.05) is 72.3 Å². The Bertz CT molecular complexity index is 2440. The van der Waals surface area contributed by atoms with E-state index in [0.29, 0.717) is 24.8 Å². The topological polar surface area (TPSA) is 313 Å². The molecule has 21 heteroatoms. The van der Waals surface area contributed by atoms with Crippen molar-refractivity contribution >= 4 is 23.9 Å². The van der Waals surface area contributed by atoms with Gasteiger partial charge in [0.2, 0.25) is 0 Å². The summed E-state index contributed by atoms with van der Waals surface area (Å²) >= 11 is 0. The summed E-state index contributed by atoms with van der Waals surface area (Å²) in [5.74, 6) is -3.69. The van der Waals surface area contributed by atoms with Crippen molar-refractivity contribution in [2.24, 2.45) is 50.2 Å². The van der Waals surface area contributed by atoms with Crippen molar-refractivity contribution in [3.63, 3.8) is 0 Å². The first-order valence-corrected chi connectivity index (χ1v) is 29.1. The van der Waals surface area contributed by atoms with Gasteiger partial charge in [-0.2, -0.15) is 0 Å². The molecule has 4 saturated carbocycles. The van der Waals surface area contributed by atoms with Crippen LogP contribution in [0.4, 0.5) is 0 Å². The van der Waals surface area contributed by atoms with E-state index >= 15 is 0 Å². The van der Waals surface area contributed by atoms with Gasteiger partial charge < -0.3 is 83.5 Å². The summed E-state index contributed by atoms with van der Waals surface area (Å²) in [5, 5.41) is 88.7. The quantitative estimate of drug-likeness (QED) is 0.0378. The Morgan fingerprint density at radius 1 is 0.728 bits per heavy atom. The molecule has 8 aliphatic rings. The number of aliphatic carboxylic acids is 1. The number of aliphatic hydroxyl groups is 7. The van der Waals surface area contributed by atoms with Crippen LogP contribution in [0.3, 0.4) is 0 Å². The largest absolute Gasteiger partial charge is 0.479 e. The Morgan fingerprint density at radius 3 is 1.95 bits per heavy atom. The fraction of sp³-hybridized carbons (Fsp3) is 0.833. The zero-order valence-electron chi connectivity index (χ0n) is 49.4. The molecule has 8 N–H and O–H groups in total. The van der Waals surface area contributed by atoms with E-state index in [9.17, 15) is 60.0 Å². The molecule has 0 aromatic heterocycles. The molecule has 21 nitrogen and oxygen atoms in total. The lowest BCUT2D eigenvalue weighted by molar-refractivity contribution is -0.312. The summed E-state index contributed by atoms with van der Waals surface area (Å²) in [5.41, 5.74) is -2.20. The minimum absolute atomic E-state index is 0.107. The van der Waals surface area contributed by atoms with Gasteiger partial charge in [0, 0.05) is 24.5 Å². The minimum atomic E-state index is -1.73. The van der Waals surface area contributed by atoms with Crippen molar-refractivity contribution in [2.75, 3.05) is 19.8 Å². The van der Waals surface area contributed by atoms with Crippen LogP contribution in [-0.4, -0.2) is 189 Å². The molecule has 24 atom stereocenters. The van der Waals surface area contributed by atoms with E-state index in [2.05, 4.69) is 40.7 Å². The molecule has 0 bridgehead atoms. The number of fused-ring (bicyclic) bond motifs is 7. The lowest BCUT2D eigenvalue weighted by atomic mass is 9.33. The number of carbonyl (C=O) groups excluding carboxylic acids is 3. The molecule has 0 radical (unpaired) electrons. The van der Waals surface area contributed by atoms with Gasteiger partial charge in [-0.25, -0.2) is 14.4 Å². The molecule has 5 aliphatic carbocycles. The van der Waals surface area contributed by atoms with Crippen LogP contribution in [0.2, 0.25) is 0 Å². The van der Waals surface area contributed by atoms with Crippen LogP contribution in [0.15, 0.2) is 34.9 Å². The maximum atomic E-state index is 13.3. The maximum Gasteiger partial charge on any atom is 0.335 e. The second kappa shape index (κ2) is 23.5. The van der Waals surface area contributed by atoms with E-state index in [-0.39, 0.29) is 47.7 Å². The number of carbonyl (C=O) groups is 4. The molecule has 3 heterocycles. The molecule has 3 saturated heterocycles. The Labute approximate surface area is 475 Å². The molecule has 0 spiro atoms. The zero-order valence-corrected chi connectivity index (χ0v) is 49.4. The van der Waals surface area contributed by atoms with Crippen molar-refractivity contribution in [1.82, 2.24) is 0 Å². The van der Waals surface area contributed by atoms with Gasteiger partial charge in [0.25, 0.3) is 0 Å².